The molecule has 0 spiro atoms. The molecule has 1 atom stereocenters. The van der Waals surface area contributed by atoms with E-state index in [4.69, 9.17) is 5.73 Å². The minimum atomic E-state index is -0.329. The fourth-order valence-corrected chi connectivity index (χ4v) is 3.89. The van der Waals surface area contributed by atoms with Gasteiger partial charge in [0.1, 0.15) is 11.5 Å². The maximum atomic E-state index is 12.5. The van der Waals surface area contributed by atoms with Gasteiger partial charge in [0.25, 0.3) is 5.91 Å². The summed E-state index contributed by atoms with van der Waals surface area (Å²) in [5.74, 6) is 0.480. The highest BCUT2D eigenvalue weighted by Gasteiger charge is 2.24. The van der Waals surface area contributed by atoms with Gasteiger partial charge in [-0.3, -0.25) is 9.59 Å². The Hall–Kier alpha value is -3.40. The van der Waals surface area contributed by atoms with Crippen LogP contribution in [0.2, 0.25) is 0 Å². The molecule has 4 heterocycles. The lowest BCUT2D eigenvalue weighted by atomic mass is 9.97. The van der Waals surface area contributed by atoms with E-state index >= 15 is 0 Å². The highest BCUT2D eigenvalue weighted by Crippen LogP contribution is 2.23. The summed E-state index contributed by atoms with van der Waals surface area (Å²) in [7, 11) is 0. The van der Waals surface area contributed by atoms with Crippen molar-refractivity contribution >= 4 is 34.7 Å². The number of thiazole rings is 1. The highest BCUT2D eigenvalue weighted by molar-refractivity contribution is 7.13. The maximum Gasteiger partial charge on any atom is 0.275 e. The van der Waals surface area contributed by atoms with Crippen LogP contribution in [-0.2, 0) is 4.79 Å². The van der Waals surface area contributed by atoms with Crippen LogP contribution in [0.3, 0.4) is 0 Å². The fourth-order valence-electron chi connectivity index (χ4n) is 3.15. The van der Waals surface area contributed by atoms with Crippen LogP contribution in [0.25, 0.3) is 10.8 Å². The number of pyridine rings is 1. The number of anilines is 2. The number of nitrogens with two attached hydrogens (primary N) is 1. The molecule has 10 heteroatoms. The Labute approximate surface area is 171 Å². The summed E-state index contributed by atoms with van der Waals surface area (Å²) in [6, 6.07) is 5.32. The third-order valence-electron chi connectivity index (χ3n) is 4.65. The molecule has 9 nitrogen and oxygen atoms in total. The van der Waals surface area contributed by atoms with Crippen LogP contribution in [0.5, 0.6) is 0 Å². The molecule has 3 aromatic heterocycles. The topological polar surface area (TPSA) is 127 Å². The average Bonchev–Trinajstić information content (AvgIpc) is 3.25. The quantitative estimate of drug-likeness (QED) is 0.659. The average molecular weight is 409 g/mol. The molecule has 1 saturated heterocycles. The number of rotatable bonds is 5. The SMILES string of the molecule is NC(=O)C1CCCN(c2ccc(NC(=O)c3csc(-c4ncccn4)n3)cn2)C1. The molecule has 148 valence electrons. The van der Waals surface area contributed by atoms with Crippen molar-refractivity contribution in [3.05, 3.63) is 47.9 Å². The van der Waals surface area contributed by atoms with Crippen molar-refractivity contribution in [2.45, 2.75) is 12.8 Å². The number of primary amides is 1. The molecule has 4 rings (SSSR count). The van der Waals surface area contributed by atoms with Gasteiger partial charge in [0, 0.05) is 30.9 Å². The zero-order chi connectivity index (χ0) is 20.2. The molecule has 1 aliphatic rings. The van der Waals surface area contributed by atoms with E-state index < -0.39 is 0 Å². The molecule has 1 fully saturated rings. The molecule has 1 aliphatic heterocycles. The molecular formula is C19H19N7O2S. The van der Waals surface area contributed by atoms with Gasteiger partial charge in [0.2, 0.25) is 5.91 Å². The number of hydrogen-bond acceptors (Lipinski definition) is 8. The van der Waals surface area contributed by atoms with Crippen LogP contribution in [0.4, 0.5) is 11.5 Å². The Bertz CT molecular complexity index is 1010. The lowest BCUT2D eigenvalue weighted by molar-refractivity contribution is -0.122. The number of hydrogen-bond donors (Lipinski definition) is 2. The van der Waals surface area contributed by atoms with E-state index in [1.54, 1.807) is 36.1 Å². The first-order chi connectivity index (χ1) is 14.1. The monoisotopic (exact) mass is 409 g/mol. The van der Waals surface area contributed by atoms with Gasteiger partial charge in [-0.05, 0) is 31.0 Å². The number of aromatic nitrogens is 4. The summed E-state index contributed by atoms with van der Waals surface area (Å²) in [4.78, 5) is 42.9. The second-order valence-electron chi connectivity index (χ2n) is 6.66. The van der Waals surface area contributed by atoms with E-state index in [0.717, 1.165) is 25.2 Å². The van der Waals surface area contributed by atoms with Crippen LogP contribution in [-0.4, -0.2) is 44.8 Å². The molecule has 3 N–H and O–H groups in total. The predicted molar refractivity (Wildman–Crippen MR) is 109 cm³/mol. The predicted octanol–water partition coefficient (Wildman–Crippen LogP) is 1.95. The second kappa shape index (κ2) is 8.31. The number of nitrogens with one attached hydrogen (secondary N) is 1. The van der Waals surface area contributed by atoms with Crippen LogP contribution < -0.4 is 16.0 Å². The van der Waals surface area contributed by atoms with Crippen LogP contribution in [0.1, 0.15) is 23.3 Å². The van der Waals surface area contributed by atoms with Crippen LogP contribution in [0.15, 0.2) is 42.2 Å². The first kappa shape index (κ1) is 18.9. The van der Waals surface area contributed by atoms with Crippen LogP contribution >= 0.6 is 11.3 Å². The summed E-state index contributed by atoms with van der Waals surface area (Å²) < 4.78 is 0. The van der Waals surface area contributed by atoms with Crippen molar-refractivity contribution in [3.63, 3.8) is 0 Å². The first-order valence-electron chi connectivity index (χ1n) is 9.15. The molecule has 0 saturated carbocycles. The molecule has 0 radical (unpaired) electrons. The third-order valence-corrected chi connectivity index (χ3v) is 5.49. The van der Waals surface area contributed by atoms with Gasteiger partial charge >= 0.3 is 0 Å². The Kier molecular flexibility index (Phi) is 5.43. The van der Waals surface area contributed by atoms with Crippen molar-refractivity contribution in [2.24, 2.45) is 11.7 Å². The van der Waals surface area contributed by atoms with Gasteiger partial charge in [-0.1, -0.05) is 0 Å². The zero-order valence-corrected chi connectivity index (χ0v) is 16.3. The second-order valence-corrected chi connectivity index (χ2v) is 7.52. The van der Waals surface area contributed by atoms with Crippen molar-refractivity contribution in [2.75, 3.05) is 23.3 Å². The minimum absolute atomic E-state index is 0.155. The summed E-state index contributed by atoms with van der Waals surface area (Å²) >= 11 is 1.31. The summed E-state index contributed by atoms with van der Waals surface area (Å²) in [6.45, 7) is 1.39. The van der Waals surface area contributed by atoms with E-state index in [2.05, 4.69) is 25.3 Å². The van der Waals surface area contributed by atoms with Gasteiger partial charge in [-0.15, -0.1) is 11.3 Å². The molecule has 1 unspecified atom stereocenters. The van der Waals surface area contributed by atoms with E-state index in [1.165, 1.54) is 11.3 Å². The molecule has 3 aromatic rings. The van der Waals surface area contributed by atoms with Gasteiger partial charge in [-0.2, -0.15) is 0 Å². The number of carbonyl (C=O) groups is 2. The maximum absolute atomic E-state index is 12.5. The summed E-state index contributed by atoms with van der Waals surface area (Å²) in [6.07, 6.45) is 6.55. The van der Waals surface area contributed by atoms with E-state index in [-0.39, 0.29) is 17.7 Å². The number of amides is 2. The summed E-state index contributed by atoms with van der Waals surface area (Å²) in [5.41, 5.74) is 6.29. The van der Waals surface area contributed by atoms with Crippen molar-refractivity contribution < 1.29 is 9.59 Å². The van der Waals surface area contributed by atoms with Crippen LogP contribution in [0, 0.1) is 5.92 Å². The highest BCUT2D eigenvalue weighted by atomic mass is 32.1. The van der Waals surface area contributed by atoms with Gasteiger partial charge in [-0.25, -0.2) is 19.9 Å². The normalized spacial score (nSPS) is 16.4. The molecule has 0 aliphatic carbocycles. The molecular weight excluding hydrogens is 390 g/mol. The lowest BCUT2D eigenvalue weighted by Gasteiger charge is -2.32. The van der Waals surface area contributed by atoms with Crippen molar-refractivity contribution in [3.8, 4) is 10.8 Å². The van der Waals surface area contributed by atoms with Gasteiger partial charge in [0.05, 0.1) is 17.8 Å². The van der Waals surface area contributed by atoms with Gasteiger partial charge < -0.3 is 16.0 Å². The number of nitrogens with zero attached hydrogens (tertiary/aromatic N) is 5. The van der Waals surface area contributed by atoms with E-state index in [9.17, 15) is 9.59 Å². The lowest BCUT2D eigenvalue weighted by Crippen LogP contribution is -2.41. The number of carbonyl (C=O) groups excluding carboxylic acids is 2. The molecule has 29 heavy (non-hydrogen) atoms. The Balaban J connectivity index is 1.41. The Morgan fingerprint density at radius 1 is 1.21 bits per heavy atom. The Morgan fingerprint density at radius 3 is 2.76 bits per heavy atom. The Morgan fingerprint density at radius 2 is 2.03 bits per heavy atom. The first-order valence-corrected chi connectivity index (χ1v) is 10.0. The number of piperidine rings is 1. The van der Waals surface area contributed by atoms with Crippen molar-refractivity contribution in [1.29, 1.82) is 0 Å². The molecule has 2 amide bonds. The fraction of sp³-hybridized carbons (Fsp3) is 0.263. The smallest absolute Gasteiger partial charge is 0.275 e. The van der Waals surface area contributed by atoms with Crippen molar-refractivity contribution in [1.82, 2.24) is 19.9 Å². The molecule has 0 aromatic carbocycles. The third kappa shape index (κ3) is 4.37. The largest absolute Gasteiger partial charge is 0.369 e. The zero-order valence-electron chi connectivity index (χ0n) is 15.5. The van der Waals surface area contributed by atoms with E-state index in [0.29, 0.717) is 28.8 Å². The minimum Gasteiger partial charge on any atom is -0.369 e. The summed E-state index contributed by atoms with van der Waals surface area (Å²) in [5, 5.41) is 5.04. The van der Waals surface area contributed by atoms with Gasteiger partial charge in [0.15, 0.2) is 10.8 Å². The standard InChI is InChI=1S/C19H19N7O2S/c20-16(27)12-3-1-8-26(10-12)15-5-4-13(9-23-15)24-18(28)14-11-29-19(25-14)17-21-6-2-7-22-17/h2,4-7,9,11-12H,1,3,8,10H2,(H2,20,27)(H,24,28). The van der Waals surface area contributed by atoms with E-state index in [1.807, 2.05) is 11.0 Å². The molecule has 0 bridgehead atoms.